The van der Waals surface area contributed by atoms with E-state index in [0.717, 1.165) is 46.7 Å². The van der Waals surface area contributed by atoms with Crippen LogP contribution in [0.25, 0.3) is 21.6 Å². The molecule has 4 rings (SSSR count). The van der Waals surface area contributed by atoms with Gasteiger partial charge in [0.1, 0.15) is 17.4 Å². The molecule has 3 aromatic rings. The monoisotopic (exact) mass is 365 g/mol. The molecule has 1 saturated heterocycles. The van der Waals surface area contributed by atoms with Gasteiger partial charge in [-0.2, -0.15) is 0 Å². The van der Waals surface area contributed by atoms with Crippen LogP contribution >= 0.6 is 11.3 Å². The SMILES string of the molecule is CC(O)C#Cc1csc2c(NC3CCNC3)nc(-c3ccncc3)nc12. The largest absolute Gasteiger partial charge is 0.381 e. The molecule has 3 N–H and O–H groups in total. The molecule has 0 saturated carbocycles. The summed E-state index contributed by atoms with van der Waals surface area (Å²) in [5.41, 5.74) is 2.55. The van der Waals surface area contributed by atoms with Gasteiger partial charge in [-0.3, -0.25) is 4.98 Å². The summed E-state index contributed by atoms with van der Waals surface area (Å²) in [5, 5.41) is 18.4. The van der Waals surface area contributed by atoms with Crippen molar-refractivity contribution in [2.75, 3.05) is 18.4 Å². The van der Waals surface area contributed by atoms with Gasteiger partial charge in [0.25, 0.3) is 0 Å². The second-order valence-corrected chi connectivity index (χ2v) is 7.12. The van der Waals surface area contributed by atoms with E-state index in [9.17, 15) is 5.11 Å². The zero-order valence-corrected chi connectivity index (χ0v) is 15.2. The standard InChI is InChI=1S/C19H19N5OS/c1-12(25)2-3-14-11-26-17-16(14)23-18(13-4-7-20-8-5-13)24-19(17)22-15-6-9-21-10-15/h4-5,7-8,11-12,15,21,25H,6,9-10H2,1H3,(H,22,23,24). The summed E-state index contributed by atoms with van der Waals surface area (Å²) >= 11 is 1.58. The molecule has 0 aromatic carbocycles. The van der Waals surface area contributed by atoms with Crippen molar-refractivity contribution < 1.29 is 5.11 Å². The molecule has 0 amide bonds. The number of hydrogen-bond acceptors (Lipinski definition) is 7. The number of nitrogens with zero attached hydrogens (tertiary/aromatic N) is 3. The van der Waals surface area contributed by atoms with Gasteiger partial charge in [0.2, 0.25) is 0 Å². The number of hydrogen-bond donors (Lipinski definition) is 3. The number of rotatable bonds is 3. The minimum absolute atomic E-state index is 0.354. The summed E-state index contributed by atoms with van der Waals surface area (Å²) in [5.74, 6) is 7.32. The van der Waals surface area contributed by atoms with Crippen LogP contribution in [0.1, 0.15) is 18.9 Å². The van der Waals surface area contributed by atoms with Crippen molar-refractivity contribution in [3.05, 3.63) is 35.5 Å². The number of fused-ring (bicyclic) bond motifs is 1. The molecular formula is C19H19N5OS. The number of aliphatic hydroxyl groups excluding tert-OH is 1. The molecule has 3 aromatic heterocycles. The number of nitrogens with one attached hydrogen (secondary N) is 2. The first kappa shape index (κ1) is 16.9. The minimum Gasteiger partial charge on any atom is -0.381 e. The van der Waals surface area contributed by atoms with Gasteiger partial charge in [0, 0.05) is 35.9 Å². The third-order valence-corrected chi connectivity index (χ3v) is 5.15. The molecule has 6 nitrogen and oxygen atoms in total. The number of aliphatic hydroxyl groups is 1. The molecule has 1 aliphatic heterocycles. The van der Waals surface area contributed by atoms with E-state index >= 15 is 0 Å². The summed E-state index contributed by atoms with van der Waals surface area (Å²) in [6, 6.07) is 4.15. The summed E-state index contributed by atoms with van der Waals surface area (Å²) in [4.78, 5) is 13.6. The van der Waals surface area contributed by atoms with E-state index in [4.69, 9.17) is 9.97 Å². The maximum Gasteiger partial charge on any atom is 0.162 e. The topological polar surface area (TPSA) is 83.0 Å². The molecule has 132 valence electrons. The Morgan fingerprint density at radius 2 is 2.19 bits per heavy atom. The van der Waals surface area contributed by atoms with Gasteiger partial charge in [-0.25, -0.2) is 9.97 Å². The van der Waals surface area contributed by atoms with Gasteiger partial charge < -0.3 is 15.7 Å². The molecular weight excluding hydrogens is 346 g/mol. The van der Waals surface area contributed by atoms with Gasteiger partial charge >= 0.3 is 0 Å². The fourth-order valence-corrected chi connectivity index (χ4v) is 3.78. The first-order valence-corrected chi connectivity index (χ1v) is 9.45. The van der Waals surface area contributed by atoms with Crippen LogP contribution in [0.5, 0.6) is 0 Å². The van der Waals surface area contributed by atoms with Crippen LogP contribution in [-0.2, 0) is 0 Å². The first-order valence-electron chi connectivity index (χ1n) is 8.57. The van der Waals surface area contributed by atoms with Crippen LogP contribution in [-0.4, -0.2) is 45.3 Å². The molecule has 2 atom stereocenters. The second kappa shape index (κ2) is 7.38. The fraction of sp³-hybridized carbons (Fsp3) is 0.316. The van der Waals surface area contributed by atoms with Crippen molar-refractivity contribution >= 4 is 27.4 Å². The molecule has 0 radical (unpaired) electrons. The first-order chi connectivity index (χ1) is 12.7. The minimum atomic E-state index is -0.673. The lowest BCUT2D eigenvalue weighted by Crippen LogP contribution is -2.22. The molecule has 1 aliphatic rings. The Kier molecular flexibility index (Phi) is 4.80. The number of aromatic nitrogens is 3. The average molecular weight is 365 g/mol. The van der Waals surface area contributed by atoms with E-state index in [-0.39, 0.29) is 0 Å². The highest BCUT2D eigenvalue weighted by Crippen LogP contribution is 2.32. The average Bonchev–Trinajstić information content (AvgIpc) is 3.30. The van der Waals surface area contributed by atoms with E-state index < -0.39 is 6.10 Å². The van der Waals surface area contributed by atoms with Crippen molar-refractivity contribution in [1.82, 2.24) is 20.3 Å². The van der Waals surface area contributed by atoms with E-state index in [1.165, 1.54) is 0 Å². The molecule has 4 heterocycles. The summed E-state index contributed by atoms with van der Waals surface area (Å²) in [6.45, 7) is 3.59. The fourth-order valence-electron chi connectivity index (χ4n) is 2.89. The van der Waals surface area contributed by atoms with Gasteiger partial charge in [-0.15, -0.1) is 11.3 Å². The zero-order chi connectivity index (χ0) is 17.9. The van der Waals surface area contributed by atoms with Gasteiger partial charge in [-0.1, -0.05) is 11.8 Å². The van der Waals surface area contributed by atoms with Crippen LogP contribution < -0.4 is 10.6 Å². The molecule has 1 fully saturated rings. The highest BCUT2D eigenvalue weighted by Gasteiger charge is 2.19. The van der Waals surface area contributed by atoms with Crippen LogP contribution in [0.3, 0.4) is 0 Å². The lowest BCUT2D eigenvalue weighted by Gasteiger charge is -2.13. The lowest BCUT2D eigenvalue weighted by molar-refractivity contribution is 0.253. The molecule has 0 aliphatic carbocycles. The van der Waals surface area contributed by atoms with E-state index in [1.807, 2.05) is 17.5 Å². The van der Waals surface area contributed by atoms with Crippen LogP contribution in [0.4, 0.5) is 5.82 Å². The van der Waals surface area contributed by atoms with E-state index in [2.05, 4.69) is 27.5 Å². The Hall–Kier alpha value is -2.53. The zero-order valence-electron chi connectivity index (χ0n) is 14.4. The quantitative estimate of drug-likeness (QED) is 0.618. The van der Waals surface area contributed by atoms with Crippen LogP contribution in [0.2, 0.25) is 0 Å². The maximum atomic E-state index is 9.47. The third-order valence-electron chi connectivity index (χ3n) is 4.17. The summed E-state index contributed by atoms with van der Waals surface area (Å²) < 4.78 is 0.990. The molecule has 7 heteroatoms. The smallest absolute Gasteiger partial charge is 0.162 e. The molecule has 26 heavy (non-hydrogen) atoms. The normalized spacial score (nSPS) is 17.7. The van der Waals surface area contributed by atoms with Crippen molar-refractivity contribution in [3.8, 4) is 23.2 Å². The number of pyridine rings is 1. The Morgan fingerprint density at radius 1 is 1.35 bits per heavy atom. The van der Waals surface area contributed by atoms with E-state index in [1.54, 1.807) is 30.7 Å². The van der Waals surface area contributed by atoms with Gasteiger partial charge in [0.15, 0.2) is 5.82 Å². The molecule has 2 unspecified atom stereocenters. The Bertz CT molecular complexity index is 968. The van der Waals surface area contributed by atoms with Crippen molar-refractivity contribution in [2.24, 2.45) is 0 Å². The van der Waals surface area contributed by atoms with Gasteiger partial charge in [0.05, 0.1) is 10.3 Å². The number of anilines is 1. The predicted molar refractivity (Wildman–Crippen MR) is 104 cm³/mol. The van der Waals surface area contributed by atoms with Crippen molar-refractivity contribution in [1.29, 1.82) is 0 Å². The summed E-state index contributed by atoms with van der Waals surface area (Å²) in [7, 11) is 0. The van der Waals surface area contributed by atoms with Gasteiger partial charge in [-0.05, 0) is 32.0 Å². The Balaban J connectivity index is 1.84. The van der Waals surface area contributed by atoms with E-state index in [0.29, 0.717) is 11.9 Å². The number of thiophene rings is 1. The third kappa shape index (κ3) is 3.53. The second-order valence-electron chi connectivity index (χ2n) is 6.24. The summed E-state index contributed by atoms with van der Waals surface area (Å²) in [6.07, 6.45) is 3.86. The van der Waals surface area contributed by atoms with Crippen LogP contribution in [0, 0.1) is 11.8 Å². The van der Waals surface area contributed by atoms with Crippen molar-refractivity contribution in [3.63, 3.8) is 0 Å². The Labute approximate surface area is 155 Å². The maximum absolute atomic E-state index is 9.47. The van der Waals surface area contributed by atoms with Crippen LogP contribution in [0.15, 0.2) is 29.9 Å². The predicted octanol–water partition coefficient (Wildman–Crippen LogP) is 2.26. The lowest BCUT2D eigenvalue weighted by atomic mass is 10.2. The Morgan fingerprint density at radius 3 is 2.92 bits per heavy atom. The van der Waals surface area contributed by atoms with Crippen molar-refractivity contribution in [2.45, 2.75) is 25.5 Å². The highest BCUT2D eigenvalue weighted by molar-refractivity contribution is 7.18. The highest BCUT2D eigenvalue weighted by atomic mass is 32.1. The molecule has 0 spiro atoms. The molecule has 0 bridgehead atoms.